The molecule has 5 heteroatoms. The molecule has 1 unspecified atom stereocenters. The molecule has 0 N–H and O–H groups in total. The quantitative estimate of drug-likeness (QED) is 0.663. The van der Waals surface area contributed by atoms with E-state index in [1.807, 2.05) is 0 Å². The van der Waals surface area contributed by atoms with Gasteiger partial charge in [0.1, 0.15) is 0 Å². The average molecular weight is 268 g/mol. The lowest BCUT2D eigenvalue weighted by Gasteiger charge is -2.38. The van der Waals surface area contributed by atoms with Crippen LogP contribution in [0, 0.1) is 0 Å². The van der Waals surface area contributed by atoms with E-state index in [-0.39, 0.29) is 31.7 Å². The van der Waals surface area contributed by atoms with E-state index >= 15 is 0 Å². The molecule has 0 aromatic heterocycles. The fraction of sp³-hybridized carbons (Fsp3) is 1.00. The van der Waals surface area contributed by atoms with Crippen LogP contribution in [0.3, 0.4) is 0 Å². The first-order valence-electron chi connectivity index (χ1n) is 3.01. The Morgan fingerprint density at radius 1 is 0.900 bits per heavy atom. The van der Waals surface area contributed by atoms with Crippen LogP contribution < -0.4 is 0 Å². The van der Waals surface area contributed by atoms with Crippen molar-refractivity contribution in [3.63, 3.8) is 0 Å². The molecular formula is C5H18BrNS3. The van der Waals surface area contributed by atoms with Crippen molar-refractivity contribution in [3.05, 3.63) is 0 Å². The molecule has 0 rings (SSSR count). The topological polar surface area (TPSA) is 3.24 Å². The maximum absolute atomic E-state index is 3.67. The molecule has 0 heterocycles. The molecule has 0 amide bonds. The number of hydrogen-bond donors (Lipinski definition) is 3. The monoisotopic (exact) mass is 267 g/mol. The van der Waals surface area contributed by atoms with Crippen molar-refractivity contribution < 1.29 is 0 Å². The summed E-state index contributed by atoms with van der Waals surface area (Å²) in [6.45, 7) is 0. The molecule has 0 aliphatic heterocycles. The number of thiol groups is 3. The molecule has 0 aliphatic rings. The minimum absolute atomic E-state index is 0.0394. The molecule has 0 aromatic carbocycles. The maximum atomic E-state index is 3.67. The third kappa shape index (κ3) is 3.76. The van der Waals surface area contributed by atoms with E-state index < -0.39 is 0 Å². The van der Waals surface area contributed by atoms with Gasteiger partial charge in [0.15, 0.2) is 0 Å². The Bertz CT molecular complexity index is 77.9. The Balaban J connectivity index is 3.98. The van der Waals surface area contributed by atoms with Crippen molar-refractivity contribution in [3.8, 4) is 0 Å². The van der Waals surface area contributed by atoms with Crippen molar-refractivity contribution in [2.45, 2.75) is 0 Å². The van der Waals surface area contributed by atoms with Crippen LogP contribution in [0.2, 0.25) is 0 Å². The molecule has 0 fully saturated rings. The standard InChI is InChI=1S/C5H18BrNS3/c1-8(2)7(9(3)4)10(5)6/h8-10H,1-5H3. The fourth-order valence-electron chi connectivity index (χ4n) is 0.851. The van der Waals surface area contributed by atoms with Gasteiger partial charge in [0, 0.05) is 0 Å². The maximum Gasteiger partial charge on any atom is -0.0140 e. The average Bonchev–Trinajstić information content (AvgIpc) is 1.59. The van der Waals surface area contributed by atoms with Crippen LogP contribution in [0.25, 0.3) is 0 Å². The summed E-state index contributed by atoms with van der Waals surface area (Å²) in [7, 11) is -0.0394. The molecule has 0 aromatic rings. The van der Waals surface area contributed by atoms with Gasteiger partial charge in [0.25, 0.3) is 0 Å². The number of rotatable bonds is 3. The predicted octanol–water partition coefficient (Wildman–Crippen LogP) is 2.50. The van der Waals surface area contributed by atoms with Gasteiger partial charge in [-0.2, -0.15) is 25.3 Å². The molecule has 0 saturated carbocycles. The lowest BCUT2D eigenvalue weighted by atomic mass is 11.9. The Labute approximate surface area is 80.6 Å². The minimum atomic E-state index is -0.0394. The molecule has 0 spiro atoms. The molecule has 1 atom stereocenters. The van der Waals surface area contributed by atoms with Gasteiger partial charge in [-0.25, -0.2) is 0 Å². The van der Waals surface area contributed by atoms with Crippen LogP contribution >= 0.6 is 46.5 Å². The first kappa shape index (κ1) is 11.5. The van der Waals surface area contributed by atoms with E-state index in [1.54, 1.807) is 0 Å². The summed E-state index contributed by atoms with van der Waals surface area (Å²) in [5, 5.41) is 0. The van der Waals surface area contributed by atoms with E-state index in [9.17, 15) is 0 Å². The van der Waals surface area contributed by atoms with Crippen LogP contribution in [0.15, 0.2) is 0 Å². The van der Waals surface area contributed by atoms with Gasteiger partial charge in [0.2, 0.25) is 0 Å². The Morgan fingerprint density at radius 3 is 1.20 bits per heavy atom. The van der Waals surface area contributed by atoms with E-state index in [0.717, 1.165) is 0 Å². The molecule has 0 bridgehead atoms. The Hall–Kier alpha value is 1.49. The summed E-state index contributed by atoms with van der Waals surface area (Å²) in [6.07, 6.45) is 11.5. The summed E-state index contributed by atoms with van der Waals surface area (Å²) < 4.78 is 2.61. The first-order valence-corrected chi connectivity index (χ1v) is 11.1. The second-order valence-electron chi connectivity index (χ2n) is 2.41. The van der Waals surface area contributed by atoms with Crippen LogP contribution in [0.5, 0.6) is 0 Å². The van der Waals surface area contributed by atoms with Crippen LogP contribution in [0.4, 0.5) is 0 Å². The summed E-state index contributed by atoms with van der Waals surface area (Å²) in [5.74, 6) is 0. The largest absolute Gasteiger partial charge is 0.193 e. The molecule has 1 nitrogen and oxygen atoms in total. The third-order valence-electron chi connectivity index (χ3n) is 0.962. The number of nitrogens with zero attached hydrogens (tertiary/aromatic N) is 1. The van der Waals surface area contributed by atoms with E-state index in [2.05, 4.69) is 49.2 Å². The van der Waals surface area contributed by atoms with Gasteiger partial charge in [-0.05, 0) is 46.1 Å². The van der Waals surface area contributed by atoms with Gasteiger partial charge in [-0.3, -0.25) is 0 Å². The van der Waals surface area contributed by atoms with E-state index in [4.69, 9.17) is 0 Å². The molecule has 0 saturated heterocycles. The fourth-order valence-corrected chi connectivity index (χ4v) is 12.8. The highest BCUT2D eigenvalue weighted by molar-refractivity contribution is 9.54. The van der Waals surface area contributed by atoms with Crippen molar-refractivity contribution >= 4 is 46.5 Å². The zero-order valence-corrected chi connectivity index (χ0v) is 11.4. The van der Waals surface area contributed by atoms with Gasteiger partial charge < -0.3 is 0 Å². The molecule has 10 heavy (non-hydrogen) atoms. The zero-order chi connectivity index (χ0) is 8.31. The van der Waals surface area contributed by atoms with Gasteiger partial charge >= 0.3 is 0 Å². The second-order valence-corrected chi connectivity index (χ2v) is 11.9. The first-order chi connectivity index (χ1) is 4.46. The van der Waals surface area contributed by atoms with Gasteiger partial charge in [0.05, 0.1) is 0 Å². The minimum Gasteiger partial charge on any atom is -0.193 e. The van der Waals surface area contributed by atoms with Crippen LogP contribution in [-0.4, -0.2) is 34.4 Å². The highest BCUT2D eigenvalue weighted by atomic mass is 79.9. The van der Waals surface area contributed by atoms with Crippen molar-refractivity contribution in [1.82, 2.24) is 3.12 Å². The Kier molecular flexibility index (Phi) is 5.96. The lowest BCUT2D eigenvalue weighted by Crippen LogP contribution is -2.07. The van der Waals surface area contributed by atoms with Crippen LogP contribution in [0.1, 0.15) is 0 Å². The SMILES string of the molecule is C[SH](C)N([SH](C)C)[SH](C)Br. The van der Waals surface area contributed by atoms with E-state index in [1.165, 1.54) is 0 Å². The summed E-state index contributed by atoms with van der Waals surface area (Å²) >= 11 is 3.87. The van der Waals surface area contributed by atoms with Crippen molar-refractivity contribution in [2.24, 2.45) is 0 Å². The molecule has 68 valence electrons. The molecule has 0 radical (unpaired) electrons. The highest BCUT2D eigenvalue weighted by Crippen LogP contribution is 2.53. The molecule has 0 aliphatic carbocycles. The third-order valence-corrected chi connectivity index (χ3v) is 11.2. The zero-order valence-electron chi connectivity index (χ0n) is 7.17. The number of hydrogen-bond acceptors (Lipinski definition) is 1. The van der Waals surface area contributed by atoms with Gasteiger partial charge in [-0.15, -0.1) is 9.51 Å². The summed E-state index contributed by atoms with van der Waals surface area (Å²) in [4.78, 5) is 0. The van der Waals surface area contributed by atoms with Crippen LogP contribution in [-0.2, 0) is 0 Å². The van der Waals surface area contributed by atoms with E-state index in [0.29, 0.717) is 0 Å². The predicted molar refractivity (Wildman–Crippen MR) is 67.3 cm³/mol. The van der Waals surface area contributed by atoms with Gasteiger partial charge in [-0.1, -0.05) is 0 Å². The number of halogens is 1. The summed E-state index contributed by atoms with van der Waals surface area (Å²) in [5.41, 5.74) is 0. The molecular weight excluding hydrogens is 250 g/mol. The van der Waals surface area contributed by atoms with Crippen molar-refractivity contribution in [2.75, 3.05) is 31.3 Å². The highest BCUT2D eigenvalue weighted by Gasteiger charge is 2.10. The normalized spacial score (nSPS) is 18.9. The summed E-state index contributed by atoms with van der Waals surface area (Å²) in [6, 6.07) is 0. The Morgan fingerprint density at radius 2 is 1.20 bits per heavy atom. The smallest absolute Gasteiger partial charge is 0.0140 e. The lowest BCUT2D eigenvalue weighted by molar-refractivity contribution is 1.26. The second kappa shape index (κ2) is 5.19. The van der Waals surface area contributed by atoms with Crippen molar-refractivity contribution in [1.29, 1.82) is 0 Å².